The molecule has 25 heavy (non-hydrogen) atoms. The van der Waals surface area contributed by atoms with Crippen LogP contribution in [0, 0.1) is 5.92 Å². The Bertz CT molecular complexity index is 523. The number of hydrogen-bond acceptors (Lipinski definition) is 4. The highest BCUT2D eigenvalue weighted by atomic mass is 16.5. The van der Waals surface area contributed by atoms with Gasteiger partial charge in [0.2, 0.25) is 5.91 Å². The molecule has 5 heteroatoms. The first kappa shape index (κ1) is 18.4. The molecule has 1 aromatic carbocycles. The van der Waals surface area contributed by atoms with Crippen LogP contribution < -0.4 is 0 Å². The van der Waals surface area contributed by atoms with Crippen molar-refractivity contribution in [3.05, 3.63) is 35.9 Å². The van der Waals surface area contributed by atoms with Gasteiger partial charge in [-0.25, -0.2) is 0 Å². The Hall–Kier alpha value is -1.43. The monoisotopic (exact) mass is 346 g/mol. The van der Waals surface area contributed by atoms with E-state index in [1.807, 2.05) is 42.3 Å². The second-order valence-electron chi connectivity index (χ2n) is 7.24. The van der Waals surface area contributed by atoms with E-state index in [1.165, 1.54) is 6.42 Å². The van der Waals surface area contributed by atoms with Gasteiger partial charge >= 0.3 is 0 Å². The molecule has 0 radical (unpaired) electrons. The second kappa shape index (κ2) is 9.32. The van der Waals surface area contributed by atoms with Crippen molar-refractivity contribution in [1.82, 2.24) is 9.80 Å². The minimum atomic E-state index is 0.0820. The predicted molar refractivity (Wildman–Crippen MR) is 97.3 cm³/mol. The van der Waals surface area contributed by atoms with Crippen LogP contribution >= 0.6 is 0 Å². The number of piperidine rings is 1. The van der Waals surface area contributed by atoms with E-state index in [0.717, 1.165) is 51.3 Å². The Kier molecular flexibility index (Phi) is 6.84. The molecule has 5 nitrogen and oxygen atoms in total. The number of likely N-dealkylation sites (tertiary alicyclic amines) is 1. The third kappa shape index (κ3) is 5.53. The maximum absolute atomic E-state index is 12.4. The van der Waals surface area contributed by atoms with E-state index < -0.39 is 0 Å². The molecule has 3 rings (SSSR count). The molecule has 0 bridgehead atoms. The summed E-state index contributed by atoms with van der Waals surface area (Å²) < 4.78 is 11.1. The summed E-state index contributed by atoms with van der Waals surface area (Å²) in [4.78, 5) is 16.8. The lowest BCUT2D eigenvalue weighted by atomic mass is 10.0. The first-order valence-electron chi connectivity index (χ1n) is 9.40. The summed E-state index contributed by atoms with van der Waals surface area (Å²) in [5.74, 6) is 0.779. The van der Waals surface area contributed by atoms with Crippen LogP contribution in [0.15, 0.2) is 30.3 Å². The van der Waals surface area contributed by atoms with Crippen molar-refractivity contribution in [2.75, 3.05) is 46.5 Å². The van der Waals surface area contributed by atoms with Crippen molar-refractivity contribution in [3.8, 4) is 0 Å². The smallest absolute Gasteiger partial charge is 0.248 e. The van der Waals surface area contributed by atoms with Gasteiger partial charge in [0.1, 0.15) is 6.61 Å². The number of hydrogen-bond donors (Lipinski definition) is 0. The highest BCUT2D eigenvalue weighted by Gasteiger charge is 2.27. The van der Waals surface area contributed by atoms with Gasteiger partial charge in [0.15, 0.2) is 0 Å². The van der Waals surface area contributed by atoms with E-state index in [4.69, 9.17) is 9.47 Å². The number of ether oxygens (including phenoxy) is 2. The van der Waals surface area contributed by atoms with Gasteiger partial charge in [-0.15, -0.1) is 0 Å². The summed E-state index contributed by atoms with van der Waals surface area (Å²) in [6.45, 7) is 5.77. The summed E-state index contributed by atoms with van der Waals surface area (Å²) in [6.07, 6.45) is 3.29. The van der Waals surface area contributed by atoms with Crippen molar-refractivity contribution >= 4 is 5.91 Å². The predicted octanol–water partition coefficient (Wildman–Crippen LogP) is 2.16. The lowest BCUT2D eigenvalue weighted by Crippen LogP contribution is -2.47. The van der Waals surface area contributed by atoms with E-state index in [2.05, 4.69) is 4.90 Å². The SMILES string of the molecule is CN(C(=O)COCc1ccccc1)C1CCN(CC2CCOC2)CC1. The lowest BCUT2D eigenvalue weighted by molar-refractivity contribution is -0.138. The minimum Gasteiger partial charge on any atom is -0.381 e. The number of likely N-dealkylation sites (N-methyl/N-ethyl adjacent to an activating group) is 1. The third-order valence-electron chi connectivity index (χ3n) is 5.38. The molecule has 1 unspecified atom stereocenters. The van der Waals surface area contributed by atoms with E-state index in [0.29, 0.717) is 18.6 Å². The van der Waals surface area contributed by atoms with Gasteiger partial charge in [0, 0.05) is 39.3 Å². The van der Waals surface area contributed by atoms with Crippen LogP contribution in [0.1, 0.15) is 24.8 Å². The molecule has 138 valence electrons. The molecule has 0 saturated carbocycles. The molecular formula is C20H30N2O3. The topological polar surface area (TPSA) is 42.0 Å². The fraction of sp³-hybridized carbons (Fsp3) is 0.650. The minimum absolute atomic E-state index is 0.0820. The van der Waals surface area contributed by atoms with Crippen molar-refractivity contribution in [3.63, 3.8) is 0 Å². The molecule has 2 saturated heterocycles. The summed E-state index contributed by atoms with van der Waals surface area (Å²) in [5.41, 5.74) is 1.10. The molecule has 2 heterocycles. The average Bonchev–Trinajstić information content (AvgIpc) is 3.15. The van der Waals surface area contributed by atoms with E-state index >= 15 is 0 Å². The van der Waals surface area contributed by atoms with Crippen molar-refractivity contribution in [1.29, 1.82) is 0 Å². The summed E-state index contributed by atoms with van der Waals surface area (Å²) >= 11 is 0. The van der Waals surface area contributed by atoms with Gasteiger partial charge in [-0.1, -0.05) is 30.3 Å². The molecule has 0 aromatic heterocycles. The Morgan fingerprint density at radius 3 is 2.68 bits per heavy atom. The first-order valence-corrected chi connectivity index (χ1v) is 9.40. The van der Waals surface area contributed by atoms with Gasteiger partial charge < -0.3 is 19.3 Å². The fourth-order valence-electron chi connectivity index (χ4n) is 3.72. The van der Waals surface area contributed by atoms with Crippen molar-refractivity contribution in [2.45, 2.75) is 31.9 Å². The molecule has 1 amide bonds. The van der Waals surface area contributed by atoms with Crippen LogP contribution in [0.4, 0.5) is 0 Å². The van der Waals surface area contributed by atoms with E-state index in [9.17, 15) is 4.79 Å². The first-order chi connectivity index (χ1) is 12.2. The molecule has 2 aliphatic rings. The van der Waals surface area contributed by atoms with Crippen LogP contribution in [0.2, 0.25) is 0 Å². The Labute approximate surface area is 150 Å². The van der Waals surface area contributed by atoms with Crippen LogP contribution in [0.25, 0.3) is 0 Å². The van der Waals surface area contributed by atoms with Crippen LogP contribution in [0.5, 0.6) is 0 Å². The van der Waals surface area contributed by atoms with E-state index in [1.54, 1.807) is 0 Å². The quantitative estimate of drug-likeness (QED) is 0.759. The van der Waals surface area contributed by atoms with Crippen molar-refractivity contribution in [2.24, 2.45) is 5.92 Å². The van der Waals surface area contributed by atoms with Gasteiger partial charge in [-0.3, -0.25) is 4.79 Å². The molecule has 2 fully saturated rings. The second-order valence-corrected chi connectivity index (χ2v) is 7.24. The highest BCUT2D eigenvalue weighted by molar-refractivity contribution is 5.77. The number of benzene rings is 1. The number of amides is 1. The molecule has 1 atom stereocenters. The zero-order valence-electron chi connectivity index (χ0n) is 15.2. The Balaban J connectivity index is 1.35. The standard InChI is InChI=1S/C20H30N2O3/c1-21(20(23)16-25-14-17-5-3-2-4-6-17)19-7-10-22(11-8-19)13-18-9-12-24-15-18/h2-6,18-19H,7-16H2,1H3. The zero-order chi connectivity index (χ0) is 17.5. The van der Waals surface area contributed by atoms with Gasteiger partial charge in [-0.05, 0) is 30.7 Å². The van der Waals surface area contributed by atoms with E-state index in [-0.39, 0.29) is 12.5 Å². The Morgan fingerprint density at radius 1 is 1.24 bits per heavy atom. The van der Waals surface area contributed by atoms with Crippen LogP contribution in [-0.4, -0.2) is 68.3 Å². The van der Waals surface area contributed by atoms with Gasteiger partial charge in [-0.2, -0.15) is 0 Å². The molecule has 2 aliphatic heterocycles. The normalized spacial score (nSPS) is 22.2. The number of rotatable bonds is 7. The average molecular weight is 346 g/mol. The van der Waals surface area contributed by atoms with Crippen LogP contribution in [-0.2, 0) is 20.9 Å². The number of nitrogens with zero attached hydrogens (tertiary/aromatic N) is 2. The molecule has 0 N–H and O–H groups in total. The summed E-state index contributed by atoms with van der Waals surface area (Å²) in [6, 6.07) is 10.3. The summed E-state index contributed by atoms with van der Waals surface area (Å²) in [5, 5.41) is 0. The molecule has 1 aromatic rings. The van der Waals surface area contributed by atoms with Gasteiger partial charge in [0.25, 0.3) is 0 Å². The van der Waals surface area contributed by atoms with Gasteiger partial charge in [0.05, 0.1) is 13.2 Å². The zero-order valence-corrected chi connectivity index (χ0v) is 15.2. The largest absolute Gasteiger partial charge is 0.381 e. The lowest BCUT2D eigenvalue weighted by Gasteiger charge is -2.37. The highest BCUT2D eigenvalue weighted by Crippen LogP contribution is 2.20. The summed E-state index contributed by atoms with van der Waals surface area (Å²) in [7, 11) is 1.92. The van der Waals surface area contributed by atoms with Crippen molar-refractivity contribution < 1.29 is 14.3 Å². The maximum atomic E-state index is 12.4. The maximum Gasteiger partial charge on any atom is 0.248 e. The fourth-order valence-corrected chi connectivity index (χ4v) is 3.72. The Morgan fingerprint density at radius 2 is 2.00 bits per heavy atom. The number of carbonyl (C=O) groups is 1. The number of carbonyl (C=O) groups excluding carboxylic acids is 1. The molecule has 0 spiro atoms. The molecule has 0 aliphatic carbocycles. The van der Waals surface area contributed by atoms with Crippen LogP contribution in [0.3, 0.4) is 0 Å². The molecular weight excluding hydrogens is 316 g/mol. The third-order valence-corrected chi connectivity index (χ3v) is 5.38.